The fourth-order valence-corrected chi connectivity index (χ4v) is 1.06. The molecule has 0 aromatic carbocycles. The van der Waals surface area contributed by atoms with E-state index in [1.165, 1.54) is 12.3 Å². The van der Waals surface area contributed by atoms with Gasteiger partial charge in [-0.05, 0) is 0 Å². The Balaban J connectivity index is 3.39. The molecular formula is C8H17-. The van der Waals surface area contributed by atoms with E-state index in [2.05, 4.69) is 34.6 Å². The van der Waals surface area contributed by atoms with Gasteiger partial charge in [-0.2, -0.15) is 20.3 Å². The molecule has 50 valence electrons. The van der Waals surface area contributed by atoms with Crippen LogP contribution in [0, 0.1) is 11.3 Å². The van der Waals surface area contributed by atoms with E-state index in [0.717, 1.165) is 0 Å². The quantitative estimate of drug-likeness (QED) is 0.458. The van der Waals surface area contributed by atoms with Crippen molar-refractivity contribution in [1.82, 2.24) is 0 Å². The summed E-state index contributed by atoms with van der Waals surface area (Å²) in [4.78, 5) is 0. The summed E-state index contributed by atoms with van der Waals surface area (Å²) >= 11 is 0. The molecule has 0 heteroatoms. The summed E-state index contributed by atoms with van der Waals surface area (Å²) in [5.41, 5.74) is 0.485. The van der Waals surface area contributed by atoms with Crippen LogP contribution >= 0.6 is 0 Å². The van der Waals surface area contributed by atoms with Gasteiger partial charge < -0.3 is 5.92 Å². The lowest BCUT2D eigenvalue weighted by Gasteiger charge is -2.29. The highest BCUT2D eigenvalue weighted by Crippen LogP contribution is 2.24. The van der Waals surface area contributed by atoms with Crippen molar-refractivity contribution in [2.45, 2.75) is 41.0 Å². The smallest absolute Gasteiger partial charge is 0.0626 e. The van der Waals surface area contributed by atoms with E-state index >= 15 is 0 Å². The summed E-state index contributed by atoms with van der Waals surface area (Å²) in [6, 6.07) is 0. The van der Waals surface area contributed by atoms with Gasteiger partial charge in [0.2, 0.25) is 0 Å². The van der Waals surface area contributed by atoms with Crippen LogP contribution in [0.3, 0.4) is 0 Å². The van der Waals surface area contributed by atoms with Crippen LogP contribution in [0.4, 0.5) is 0 Å². The largest absolute Gasteiger partial charge is 0.319 e. The zero-order valence-electron chi connectivity index (χ0n) is 6.71. The van der Waals surface area contributed by atoms with E-state index < -0.39 is 0 Å². The van der Waals surface area contributed by atoms with Gasteiger partial charge in [0.05, 0.1) is 0 Å². The number of hydrogen-bond donors (Lipinski definition) is 0. The van der Waals surface area contributed by atoms with Crippen molar-refractivity contribution in [3.8, 4) is 0 Å². The first-order valence-corrected chi connectivity index (χ1v) is 3.21. The van der Waals surface area contributed by atoms with Gasteiger partial charge in [0.1, 0.15) is 0 Å². The van der Waals surface area contributed by atoms with Gasteiger partial charge in [-0.25, -0.2) is 0 Å². The molecule has 0 aliphatic carbocycles. The molecule has 8 heavy (non-hydrogen) atoms. The maximum Gasteiger partial charge on any atom is -0.0626 e. The van der Waals surface area contributed by atoms with E-state index in [9.17, 15) is 0 Å². The summed E-state index contributed by atoms with van der Waals surface area (Å²) in [7, 11) is 0. The van der Waals surface area contributed by atoms with Gasteiger partial charge >= 0.3 is 0 Å². The van der Waals surface area contributed by atoms with Crippen molar-refractivity contribution in [2.24, 2.45) is 5.41 Å². The zero-order chi connectivity index (χ0) is 6.78. The summed E-state index contributed by atoms with van der Waals surface area (Å²) in [6.45, 7) is 11.2. The molecule has 0 spiro atoms. The molecule has 0 nitrogen and oxygen atoms in total. The first-order chi connectivity index (χ1) is 3.42. The first kappa shape index (κ1) is 8.00. The van der Waals surface area contributed by atoms with E-state index in [4.69, 9.17) is 0 Å². The van der Waals surface area contributed by atoms with Crippen LogP contribution in [0.5, 0.6) is 0 Å². The average molecular weight is 113 g/mol. The molecule has 0 saturated carbocycles. The minimum Gasteiger partial charge on any atom is -0.319 e. The Hall–Kier alpha value is 0. The van der Waals surface area contributed by atoms with Gasteiger partial charge in [-0.1, -0.05) is 26.2 Å². The van der Waals surface area contributed by atoms with Crippen molar-refractivity contribution in [2.75, 3.05) is 0 Å². The number of hydrogen-bond acceptors (Lipinski definition) is 0. The van der Waals surface area contributed by atoms with Gasteiger partial charge in [-0.3, -0.25) is 0 Å². The minimum atomic E-state index is 0.485. The molecule has 0 aliphatic rings. The maximum atomic E-state index is 2.26. The Morgan fingerprint density at radius 1 is 1.12 bits per heavy atom. The molecule has 0 unspecified atom stereocenters. The van der Waals surface area contributed by atoms with Gasteiger partial charge in [0.25, 0.3) is 0 Å². The van der Waals surface area contributed by atoms with E-state index in [1.54, 1.807) is 0 Å². The zero-order valence-corrected chi connectivity index (χ0v) is 6.71. The van der Waals surface area contributed by atoms with E-state index in [-0.39, 0.29) is 0 Å². The molecule has 0 rings (SSSR count). The molecule has 0 aromatic heterocycles. The highest BCUT2D eigenvalue weighted by Gasteiger charge is 2.03. The van der Waals surface area contributed by atoms with Gasteiger partial charge in [0, 0.05) is 0 Å². The van der Waals surface area contributed by atoms with Crippen molar-refractivity contribution >= 4 is 0 Å². The Bertz CT molecular complexity index is 54.9. The lowest BCUT2D eigenvalue weighted by molar-refractivity contribution is 0.389. The van der Waals surface area contributed by atoms with Crippen molar-refractivity contribution in [3.63, 3.8) is 0 Å². The third-order valence-electron chi connectivity index (χ3n) is 0.884. The molecule has 0 atom stereocenters. The summed E-state index contributed by atoms with van der Waals surface area (Å²) in [6.07, 6.45) is 1.24. The van der Waals surface area contributed by atoms with Crippen LogP contribution in [-0.2, 0) is 0 Å². The Morgan fingerprint density at radius 3 is 1.50 bits per heavy atom. The first-order valence-electron chi connectivity index (χ1n) is 3.21. The van der Waals surface area contributed by atoms with Crippen LogP contribution in [0.2, 0.25) is 0 Å². The highest BCUT2D eigenvalue weighted by molar-refractivity contribution is 4.82. The summed E-state index contributed by atoms with van der Waals surface area (Å²) < 4.78 is 0. The summed E-state index contributed by atoms with van der Waals surface area (Å²) in [5, 5.41) is 0. The molecule has 0 fully saturated rings. The molecule has 0 saturated heterocycles. The van der Waals surface area contributed by atoms with Crippen LogP contribution in [0.15, 0.2) is 0 Å². The highest BCUT2D eigenvalue weighted by atomic mass is 14.2. The van der Waals surface area contributed by atoms with Crippen molar-refractivity contribution in [1.29, 1.82) is 0 Å². The minimum absolute atomic E-state index is 0.485. The second kappa shape index (κ2) is 2.52. The van der Waals surface area contributed by atoms with Crippen molar-refractivity contribution < 1.29 is 0 Å². The van der Waals surface area contributed by atoms with Crippen LogP contribution in [-0.4, -0.2) is 0 Å². The Labute approximate surface area is 53.3 Å². The molecule has 0 aromatic rings. The molecule has 0 radical (unpaired) electrons. The van der Waals surface area contributed by atoms with Crippen LogP contribution in [0.1, 0.15) is 41.0 Å². The molecular weight excluding hydrogens is 96.1 g/mol. The summed E-state index contributed by atoms with van der Waals surface area (Å²) in [5.74, 6) is 1.53. The molecule has 0 heterocycles. The Morgan fingerprint density at radius 2 is 1.50 bits per heavy atom. The molecule has 0 bridgehead atoms. The average Bonchev–Trinajstić information content (AvgIpc) is 1.21. The van der Waals surface area contributed by atoms with Crippen molar-refractivity contribution in [3.05, 3.63) is 5.92 Å². The SMILES string of the molecule is C[C-](C)CC(C)(C)C. The van der Waals surface area contributed by atoms with Gasteiger partial charge in [-0.15, -0.1) is 0 Å². The fraction of sp³-hybridized carbons (Fsp3) is 0.875. The fourth-order valence-electron chi connectivity index (χ4n) is 1.06. The number of rotatable bonds is 1. The van der Waals surface area contributed by atoms with E-state index in [0.29, 0.717) is 5.41 Å². The third-order valence-corrected chi connectivity index (χ3v) is 0.884. The van der Waals surface area contributed by atoms with Crippen LogP contribution in [0.25, 0.3) is 0 Å². The third kappa shape index (κ3) is 6.00. The molecule has 0 N–H and O–H groups in total. The lowest BCUT2D eigenvalue weighted by Crippen LogP contribution is -2.07. The normalized spacial score (nSPS) is 12.8. The Kier molecular flexibility index (Phi) is 2.52. The second-order valence-electron chi connectivity index (χ2n) is 3.94. The van der Waals surface area contributed by atoms with E-state index in [1.807, 2.05) is 0 Å². The monoisotopic (exact) mass is 113 g/mol. The standard InChI is InChI=1S/C8H17/c1-7(2)6-8(3,4)5/h6H2,1-5H3/q-1. The molecule has 0 amide bonds. The predicted octanol–water partition coefficient (Wildman–Crippen LogP) is 3.04. The lowest BCUT2D eigenvalue weighted by atomic mass is 9.86. The molecule has 0 aliphatic heterocycles. The topological polar surface area (TPSA) is 0 Å². The predicted molar refractivity (Wildman–Crippen MR) is 38.7 cm³/mol. The second-order valence-corrected chi connectivity index (χ2v) is 3.94. The maximum absolute atomic E-state index is 2.26. The van der Waals surface area contributed by atoms with Gasteiger partial charge in [0.15, 0.2) is 0 Å². The van der Waals surface area contributed by atoms with Crippen LogP contribution < -0.4 is 0 Å².